The highest BCUT2D eigenvalue weighted by Gasteiger charge is 2.51. The molecule has 2 aliphatic rings. The van der Waals surface area contributed by atoms with E-state index in [0.717, 1.165) is 55.0 Å². The third-order valence-electron chi connectivity index (χ3n) is 9.04. The number of hydrogen-bond acceptors (Lipinski definition) is 1. The maximum atomic E-state index is 6.82. The van der Waals surface area contributed by atoms with Crippen molar-refractivity contribution >= 4 is 49.3 Å². The predicted octanol–water partition coefficient (Wildman–Crippen LogP) is 10.7. The topological polar surface area (TPSA) is 14.2 Å². The molecule has 0 fully saturated rings. The summed E-state index contributed by atoms with van der Waals surface area (Å²) in [6.07, 6.45) is 0. The molecule has 7 aromatic rings. The van der Waals surface area contributed by atoms with Gasteiger partial charge >= 0.3 is 0 Å². The number of benzene rings is 6. The highest BCUT2D eigenvalue weighted by molar-refractivity contribution is 9.10. The Balaban J connectivity index is 1.44. The van der Waals surface area contributed by atoms with Crippen LogP contribution in [0.1, 0.15) is 27.8 Å². The number of nitrogens with zero attached hydrogens (tertiary/aromatic N) is 1. The zero-order chi connectivity index (χ0) is 28.0. The second-order valence-corrected chi connectivity index (χ2v) is 12.5. The first kappa shape index (κ1) is 24.3. The summed E-state index contributed by atoms with van der Waals surface area (Å²) < 4.78 is 10.2. The van der Waals surface area contributed by atoms with Crippen LogP contribution in [0.25, 0.3) is 32.9 Å². The van der Waals surface area contributed by atoms with E-state index in [0.29, 0.717) is 0 Å². The van der Waals surface area contributed by atoms with Crippen LogP contribution in [0.5, 0.6) is 11.5 Å². The number of ether oxygens (including phenoxy) is 1. The van der Waals surface area contributed by atoms with Crippen LogP contribution in [0.2, 0.25) is 5.02 Å². The number of aromatic nitrogens is 1. The van der Waals surface area contributed by atoms with Crippen molar-refractivity contribution in [3.63, 3.8) is 0 Å². The van der Waals surface area contributed by atoms with Gasteiger partial charge in [-0.15, -0.1) is 0 Å². The molecular weight excluding hydrogens is 602 g/mol. The minimum Gasteiger partial charge on any atom is -0.457 e. The lowest BCUT2D eigenvalue weighted by molar-refractivity contribution is 0.437. The van der Waals surface area contributed by atoms with E-state index in [4.69, 9.17) is 16.3 Å². The van der Waals surface area contributed by atoms with E-state index in [1.807, 2.05) is 6.07 Å². The fourth-order valence-electron chi connectivity index (χ4n) is 7.38. The van der Waals surface area contributed by atoms with Crippen LogP contribution in [0.3, 0.4) is 0 Å². The van der Waals surface area contributed by atoms with Crippen molar-refractivity contribution in [2.75, 3.05) is 0 Å². The van der Waals surface area contributed by atoms with Crippen molar-refractivity contribution in [3.8, 4) is 22.6 Å². The van der Waals surface area contributed by atoms with E-state index < -0.39 is 5.41 Å². The zero-order valence-corrected chi connectivity index (χ0v) is 24.8. The summed E-state index contributed by atoms with van der Waals surface area (Å²) in [6.45, 7) is 0.741. The average Bonchev–Trinajstić information content (AvgIpc) is 3.47. The van der Waals surface area contributed by atoms with Crippen LogP contribution in [-0.2, 0) is 12.0 Å². The molecular formula is C38H23BrClNO. The van der Waals surface area contributed by atoms with Crippen molar-refractivity contribution < 1.29 is 4.74 Å². The van der Waals surface area contributed by atoms with Gasteiger partial charge in [-0.1, -0.05) is 119 Å². The molecule has 2 nitrogen and oxygen atoms in total. The van der Waals surface area contributed by atoms with Gasteiger partial charge in [-0.05, 0) is 64.2 Å². The Morgan fingerprint density at radius 2 is 1.26 bits per heavy atom. The molecule has 9 rings (SSSR count). The largest absolute Gasteiger partial charge is 0.457 e. The van der Waals surface area contributed by atoms with Gasteiger partial charge in [0.15, 0.2) is 0 Å². The first-order valence-electron chi connectivity index (χ1n) is 14.1. The summed E-state index contributed by atoms with van der Waals surface area (Å²) in [4.78, 5) is 0. The van der Waals surface area contributed by atoms with Crippen molar-refractivity contribution in [2.24, 2.45) is 0 Å². The number of hydrogen-bond donors (Lipinski definition) is 0. The molecule has 4 heteroatoms. The maximum absolute atomic E-state index is 6.82. The third-order valence-corrected chi connectivity index (χ3v) is 9.77. The fourth-order valence-corrected chi connectivity index (χ4v) is 7.88. The molecule has 0 unspecified atom stereocenters. The molecule has 1 aliphatic heterocycles. The Hall–Kier alpha value is -4.31. The molecule has 0 radical (unpaired) electrons. The highest BCUT2D eigenvalue weighted by Crippen LogP contribution is 2.62. The van der Waals surface area contributed by atoms with E-state index in [1.165, 1.54) is 33.3 Å². The molecule has 0 saturated heterocycles. The smallest absolute Gasteiger partial charge is 0.133 e. The SMILES string of the molecule is Clc1ccc2c3cc4c(cc3n(Cc3ccccc3)c2c1)C1(c2ccc(Br)cc2O4)c2ccccc2-c2ccccc21. The van der Waals surface area contributed by atoms with Crippen molar-refractivity contribution in [1.29, 1.82) is 0 Å². The molecule has 1 aliphatic carbocycles. The summed E-state index contributed by atoms with van der Waals surface area (Å²) in [6, 6.07) is 45.6. The van der Waals surface area contributed by atoms with Gasteiger partial charge in [-0.25, -0.2) is 0 Å². The van der Waals surface area contributed by atoms with E-state index in [9.17, 15) is 0 Å². The molecule has 200 valence electrons. The minimum absolute atomic E-state index is 0.517. The van der Waals surface area contributed by atoms with Crippen LogP contribution in [-0.4, -0.2) is 4.57 Å². The Bertz CT molecular complexity index is 2190. The van der Waals surface area contributed by atoms with Gasteiger partial charge in [0, 0.05) is 37.9 Å². The lowest BCUT2D eigenvalue weighted by Gasteiger charge is -2.39. The van der Waals surface area contributed by atoms with Gasteiger partial charge in [-0.2, -0.15) is 0 Å². The molecule has 1 spiro atoms. The minimum atomic E-state index is -0.517. The highest BCUT2D eigenvalue weighted by atomic mass is 79.9. The number of rotatable bonds is 2. The summed E-state index contributed by atoms with van der Waals surface area (Å²) in [5, 5.41) is 3.05. The number of fused-ring (bicyclic) bond motifs is 12. The first-order chi connectivity index (χ1) is 20.6. The molecule has 0 saturated carbocycles. The van der Waals surface area contributed by atoms with Crippen LogP contribution in [0.4, 0.5) is 0 Å². The molecule has 0 atom stereocenters. The van der Waals surface area contributed by atoms with E-state index in [2.05, 4.69) is 142 Å². The Labute approximate surface area is 256 Å². The normalized spacial score (nSPS) is 14.0. The molecule has 2 heterocycles. The van der Waals surface area contributed by atoms with Crippen LogP contribution in [0, 0.1) is 0 Å². The van der Waals surface area contributed by atoms with Gasteiger partial charge in [0.25, 0.3) is 0 Å². The lowest BCUT2D eigenvalue weighted by Crippen LogP contribution is -2.32. The Kier molecular flexibility index (Phi) is 5.12. The first-order valence-corrected chi connectivity index (χ1v) is 15.3. The molecule has 0 bridgehead atoms. The summed E-state index contributed by atoms with van der Waals surface area (Å²) in [5.74, 6) is 1.76. The Morgan fingerprint density at radius 1 is 0.595 bits per heavy atom. The van der Waals surface area contributed by atoms with Gasteiger partial charge in [0.2, 0.25) is 0 Å². The summed E-state index contributed by atoms with van der Waals surface area (Å²) >= 11 is 10.3. The van der Waals surface area contributed by atoms with Crippen molar-refractivity contribution in [2.45, 2.75) is 12.0 Å². The second kappa shape index (κ2) is 8.84. The molecule has 1 aromatic heterocycles. The predicted molar refractivity (Wildman–Crippen MR) is 175 cm³/mol. The summed E-state index contributed by atoms with van der Waals surface area (Å²) in [5.41, 5.74) is 10.4. The van der Waals surface area contributed by atoms with Gasteiger partial charge in [0.05, 0.1) is 16.4 Å². The molecule has 0 N–H and O–H groups in total. The van der Waals surface area contributed by atoms with Crippen LogP contribution in [0.15, 0.2) is 132 Å². The molecule has 6 aromatic carbocycles. The standard InChI is InChI=1S/C38H23BrClNO/c39-24-14-17-32-36(18-24)42-37-20-29-28-16-15-25(40)19-34(28)41(22-23-8-2-1-3-9-23)35(29)21-33(37)38(32)30-12-6-4-10-26(30)27-11-5-7-13-31(27)38/h1-21H,22H2. The Morgan fingerprint density at radius 3 is 2.02 bits per heavy atom. The quantitative estimate of drug-likeness (QED) is 0.187. The monoisotopic (exact) mass is 623 g/mol. The van der Waals surface area contributed by atoms with Crippen molar-refractivity contribution in [3.05, 3.63) is 165 Å². The van der Waals surface area contributed by atoms with E-state index in [1.54, 1.807) is 0 Å². The number of halogens is 2. The van der Waals surface area contributed by atoms with Gasteiger partial charge in [-0.3, -0.25) is 0 Å². The molecule has 0 amide bonds. The molecule has 42 heavy (non-hydrogen) atoms. The van der Waals surface area contributed by atoms with Gasteiger partial charge < -0.3 is 9.30 Å². The van der Waals surface area contributed by atoms with Crippen molar-refractivity contribution in [1.82, 2.24) is 4.57 Å². The fraction of sp³-hybridized carbons (Fsp3) is 0.0526. The third kappa shape index (κ3) is 3.21. The lowest BCUT2D eigenvalue weighted by atomic mass is 9.66. The maximum Gasteiger partial charge on any atom is 0.133 e. The second-order valence-electron chi connectivity index (χ2n) is 11.2. The zero-order valence-electron chi connectivity index (χ0n) is 22.4. The van der Waals surface area contributed by atoms with E-state index in [-0.39, 0.29) is 0 Å². The van der Waals surface area contributed by atoms with Crippen LogP contribution >= 0.6 is 27.5 Å². The average molecular weight is 625 g/mol. The van der Waals surface area contributed by atoms with Gasteiger partial charge in [0.1, 0.15) is 11.5 Å². The summed E-state index contributed by atoms with van der Waals surface area (Å²) in [7, 11) is 0. The van der Waals surface area contributed by atoms with Crippen LogP contribution < -0.4 is 4.74 Å². The van der Waals surface area contributed by atoms with E-state index >= 15 is 0 Å².